The summed E-state index contributed by atoms with van der Waals surface area (Å²) in [6.07, 6.45) is 0.188. The molecule has 0 aliphatic carbocycles. The van der Waals surface area contributed by atoms with Crippen molar-refractivity contribution in [2.75, 3.05) is 0 Å². The number of amides is 2. The topological polar surface area (TPSA) is 96.0 Å². The molecule has 0 rings (SSSR count). The molecule has 0 bridgehead atoms. The molecule has 0 fully saturated rings. The summed E-state index contributed by atoms with van der Waals surface area (Å²) < 4.78 is 0. The first-order valence-electron chi connectivity index (χ1n) is 3.92. The smallest absolute Gasteiger partial charge is 0.240 e. The number of nitrogens with two attached hydrogens (primary N) is 1. The Morgan fingerprint density at radius 2 is 2.15 bits per heavy atom. The van der Waals surface area contributed by atoms with Gasteiger partial charge in [-0.1, -0.05) is 6.92 Å². The number of nitrogens with one attached hydrogen (secondary N) is 1. The average Bonchev–Trinajstić information content (AvgIpc) is 1.99. The van der Waals surface area contributed by atoms with Crippen molar-refractivity contribution in [3.05, 3.63) is 0 Å². The van der Waals surface area contributed by atoms with Crippen LogP contribution in [-0.4, -0.2) is 17.9 Å². The zero-order valence-corrected chi connectivity index (χ0v) is 7.70. The first-order chi connectivity index (χ1) is 5.99. The second-order valence-electron chi connectivity index (χ2n) is 2.92. The maximum absolute atomic E-state index is 10.8. The molecule has 13 heavy (non-hydrogen) atoms. The molecular formula is C8H13N3O2. The van der Waals surface area contributed by atoms with Gasteiger partial charge in [-0.15, -0.1) is 0 Å². The first-order valence-corrected chi connectivity index (χ1v) is 3.92. The predicted octanol–water partition coefficient (Wildman–Crippen LogP) is -0.474. The fourth-order valence-electron chi connectivity index (χ4n) is 0.975. The maximum atomic E-state index is 10.8. The van der Waals surface area contributed by atoms with Gasteiger partial charge >= 0.3 is 0 Å². The van der Waals surface area contributed by atoms with Crippen LogP contribution in [0, 0.1) is 17.2 Å². The molecule has 5 nitrogen and oxygen atoms in total. The minimum atomic E-state index is -0.753. The Bertz CT molecular complexity index is 244. The standard InChI is InChI=1S/C8H13N3O2/c1-5(3-4-9)7(8(10)13)11-6(2)12/h5,7H,3H2,1-2H3,(H2,10,13)(H,11,12)/t5-,7-/m0/s1. The van der Waals surface area contributed by atoms with Gasteiger partial charge in [0.2, 0.25) is 11.8 Å². The van der Waals surface area contributed by atoms with E-state index >= 15 is 0 Å². The van der Waals surface area contributed by atoms with E-state index in [4.69, 9.17) is 11.0 Å². The molecule has 0 saturated heterocycles. The molecular weight excluding hydrogens is 170 g/mol. The fraction of sp³-hybridized carbons (Fsp3) is 0.625. The van der Waals surface area contributed by atoms with Gasteiger partial charge in [0, 0.05) is 13.3 Å². The molecule has 0 unspecified atom stereocenters. The lowest BCUT2D eigenvalue weighted by Gasteiger charge is -2.18. The summed E-state index contributed by atoms with van der Waals surface area (Å²) in [5.41, 5.74) is 5.05. The van der Waals surface area contributed by atoms with E-state index in [9.17, 15) is 9.59 Å². The lowest BCUT2D eigenvalue weighted by atomic mass is 9.98. The lowest BCUT2D eigenvalue weighted by molar-refractivity contribution is -0.127. The fourth-order valence-corrected chi connectivity index (χ4v) is 0.975. The number of rotatable bonds is 4. The largest absolute Gasteiger partial charge is 0.368 e. The van der Waals surface area contributed by atoms with Crippen molar-refractivity contribution in [2.45, 2.75) is 26.3 Å². The zero-order valence-electron chi connectivity index (χ0n) is 7.70. The van der Waals surface area contributed by atoms with Crippen LogP contribution in [0.2, 0.25) is 0 Å². The van der Waals surface area contributed by atoms with Crippen molar-refractivity contribution in [1.29, 1.82) is 5.26 Å². The van der Waals surface area contributed by atoms with E-state index in [1.54, 1.807) is 6.92 Å². The molecule has 0 spiro atoms. The van der Waals surface area contributed by atoms with E-state index in [0.717, 1.165) is 0 Å². The Kier molecular flexibility index (Phi) is 4.52. The van der Waals surface area contributed by atoms with Crippen LogP contribution in [0.3, 0.4) is 0 Å². The third kappa shape index (κ3) is 4.11. The highest BCUT2D eigenvalue weighted by molar-refractivity contribution is 5.85. The first kappa shape index (κ1) is 11.4. The SMILES string of the molecule is CC(=O)N[C@H](C(N)=O)[C@@H](C)CC#N. The van der Waals surface area contributed by atoms with Crippen molar-refractivity contribution in [3.63, 3.8) is 0 Å². The number of carbonyl (C=O) groups is 2. The number of hydrogen-bond donors (Lipinski definition) is 2. The highest BCUT2D eigenvalue weighted by atomic mass is 16.2. The molecule has 0 saturated carbocycles. The van der Waals surface area contributed by atoms with Gasteiger partial charge in [-0.05, 0) is 5.92 Å². The Morgan fingerprint density at radius 1 is 1.62 bits per heavy atom. The van der Waals surface area contributed by atoms with Crippen molar-refractivity contribution in [2.24, 2.45) is 11.7 Å². The molecule has 0 aliphatic heterocycles. The quantitative estimate of drug-likeness (QED) is 0.616. The highest BCUT2D eigenvalue weighted by Crippen LogP contribution is 2.06. The van der Waals surface area contributed by atoms with E-state index < -0.39 is 11.9 Å². The molecule has 0 radical (unpaired) electrons. The van der Waals surface area contributed by atoms with Gasteiger partial charge in [0.25, 0.3) is 0 Å². The van der Waals surface area contributed by atoms with Crippen molar-refractivity contribution in [1.82, 2.24) is 5.32 Å². The molecule has 0 aromatic rings. The monoisotopic (exact) mass is 183 g/mol. The predicted molar refractivity (Wildman–Crippen MR) is 46.2 cm³/mol. The summed E-state index contributed by atoms with van der Waals surface area (Å²) in [6.45, 7) is 2.99. The second kappa shape index (κ2) is 5.14. The summed E-state index contributed by atoms with van der Waals surface area (Å²) in [7, 11) is 0. The normalized spacial score (nSPS) is 13.9. The number of carbonyl (C=O) groups excluding carboxylic acids is 2. The van der Waals surface area contributed by atoms with Crippen LogP contribution in [-0.2, 0) is 9.59 Å². The Labute approximate surface area is 76.9 Å². The second-order valence-corrected chi connectivity index (χ2v) is 2.92. The summed E-state index contributed by atoms with van der Waals surface area (Å²) in [5, 5.41) is 10.8. The van der Waals surface area contributed by atoms with Crippen LogP contribution >= 0.6 is 0 Å². The summed E-state index contributed by atoms with van der Waals surface area (Å²) in [4.78, 5) is 21.5. The summed E-state index contributed by atoms with van der Waals surface area (Å²) >= 11 is 0. The molecule has 0 aromatic carbocycles. The number of nitriles is 1. The molecule has 3 N–H and O–H groups in total. The molecule has 0 aromatic heterocycles. The van der Waals surface area contributed by atoms with Crippen molar-refractivity contribution < 1.29 is 9.59 Å². The van der Waals surface area contributed by atoms with E-state index in [0.29, 0.717) is 0 Å². The number of hydrogen-bond acceptors (Lipinski definition) is 3. The van der Waals surface area contributed by atoms with Gasteiger partial charge in [0.05, 0.1) is 6.07 Å². The van der Waals surface area contributed by atoms with E-state index in [1.165, 1.54) is 6.92 Å². The molecule has 72 valence electrons. The summed E-state index contributed by atoms with van der Waals surface area (Å²) in [6, 6.07) is 1.16. The van der Waals surface area contributed by atoms with E-state index in [2.05, 4.69) is 5.32 Å². The van der Waals surface area contributed by atoms with Crippen molar-refractivity contribution in [3.8, 4) is 6.07 Å². The maximum Gasteiger partial charge on any atom is 0.240 e. The van der Waals surface area contributed by atoms with E-state index in [-0.39, 0.29) is 18.2 Å². The van der Waals surface area contributed by atoms with Crippen LogP contribution in [0.4, 0.5) is 0 Å². The minimum absolute atomic E-state index is 0.188. The molecule has 5 heteroatoms. The molecule has 2 atom stereocenters. The molecule has 0 aliphatic rings. The van der Waals surface area contributed by atoms with Crippen molar-refractivity contribution >= 4 is 11.8 Å². The van der Waals surface area contributed by atoms with Gasteiger partial charge in [0.15, 0.2) is 0 Å². The molecule has 0 heterocycles. The minimum Gasteiger partial charge on any atom is -0.368 e. The van der Waals surface area contributed by atoms with Crippen LogP contribution in [0.1, 0.15) is 20.3 Å². The van der Waals surface area contributed by atoms with Crippen LogP contribution < -0.4 is 11.1 Å². The number of nitrogens with zero attached hydrogens (tertiary/aromatic N) is 1. The van der Waals surface area contributed by atoms with Crippen LogP contribution in [0.5, 0.6) is 0 Å². The number of primary amides is 1. The Balaban J connectivity index is 4.34. The highest BCUT2D eigenvalue weighted by Gasteiger charge is 2.23. The van der Waals surface area contributed by atoms with E-state index in [1.807, 2.05) is 6.07 Å². The van der Waals surface area contributed by atoms with Gasteiger partial charge in [-0.25, -0.2) is 0 Å². The summed E-state index contributed by atoms with van der Waals surface area (Å²) in [5.74, 6) is -1.20. The third-order valence-electron chi connectivity index (χ3n) is 1.65. The Hall–Kier alpha value is -1.57. The molecule has 2 amide bonds. The lowest BCUT2D eigenvalue weighted by Crippen LogP contribution is -2.47. The zero-order chi connectivity index (χ0) is 10.4. The average molecular weight is 183 g/mol. The third-order valence-corrected chi connectivity index (χ3v) is 1.65. The van der Waals surface area contributed by atoms with Gasteiger partial charge in [-0.2, -0.15) is 5.26 Å². The van der Waals surface area contributed by atoms with Gasteiger partial charge in [-0.3, -0.25) is 9.59 Å². The van der Waals surface area contributed by atoms with Gasteiger partial charge in [0.1, 0.15) is 6.04 Å². The van der Waals surface area contributed by atoms with Crippen LogP contribution in [0.25, 0.3) is 0 Å². The van der Waals surface area contributed by atoms with Crippen LogP contribution in [0.15, 0.2) is 0 Å². The Morgan fingerprint density at radius 3 is 2.46 bits per heavy atom. The van der Waals surface area contributed by atoms with Gasteiger partial charge < -0.3 is 11.1 Å².